The molecule has 0 aliphatic carbocycles. The largest absolute Gasteiger partial charge is 0.507 e. The van der Waals surface area contributed by atoms with Gasteiger partial charge in [0.05, 0.1) is 33.0 Å². The average Bonchev–Trinajstić information content (AvgIpc) is 3.13. The molecule has 0 amide bonds. The second-order valence-corrected chi connectivity index (χ2v) is 7.92. The van der Waals surface area contributed by atoms with Crippen molar-refractivity contribution in [3.63, 3.8) is 0 Å². The fraction of sp³-hybridized carbons (Fsp3) is 0.429. The maximum absolute atomic E-state index is 11.4. The molecule has 1 atom stereocenters. The minimum absolute atomic E-state index is 0.00319. The Hall–Kier alpha value is -2.33. The lowest BCUT2D eigenvalue weighted by molar-refractivity contribution is -0.141. The molecule has 0 saturated heterocycles. The Morgan fingerprint density at radius 2 is 1.83 bits per heavy atom. The number of aliphatic imine (C=N–C) groups is 1. The topological polar surface area (TPSA) is 118 Å². The van der Waals surface area contributed by atoms with Crippen LogP contribution in [0.1, 0.15) is 12.5 Å². The lowest BCUT2D eigenvalue weighted by Gasteiger charge is -2.12. The Bertz CT molecular complexity index is 933. The second kappa shape index (κ2) is 10.1. The summed E-state index contributed by atoms with van der Waals surface area (Å²) in [7, 11) is 0. The van der Waals surface area contributed by atoms with E-state index in [-0.39, 0.29) is 12.4 Å². The van der Waals surface area contributed by atoms with Gasteiger partial charge in [-0.2, -0.15) is 0 Å². The lowest BCUT2D eigenvalue weighted by Crippen LogP contribution is -2.33. The van der Waals surface area contributed by atoms with Crippen LogP contribution in [0, 0.1) is 0 Å². The van der Waals surface area contributed by atoms with E-state index >= 15 is 0 Å². The van der Waals surface area contributed by atoms with Crippen molar-refractivity contribution in [2.75, 3.05) is 45.4 Å². The molecule has 0 saturated carbocycles. The van der Waals surface area contributed by atoms with Gasteiger partial charge in [0.25, 0.3) is 0 Å². The maximum atomic E-state index is 11.4. The third kappa shape index (κ3) is 5.42. The first-order chi connectivity index (χ1) is 14.4. The summed E-state index contributed by atoms with van der Waals surface area (Å²) in [5.74, 6) is 0.0543. The summed E-state index contributed by atoms with van der Waals surface area (Å²) in [4.78, 5) is 15.7. The predicted octanol–water partition coefficient (Wildman–Crippen LogP) is 2.29. The molecule has 0 unspecified atom stereocenters. The van der Waals surface area contributed by atoms with E-state index in [1.807, 2.05) is 24.3 Å². The Balaban J connectivity index is 1.62. The molecule has 8 nitrogen and oxygen atoms in total. The van der Waals surface area contributed by atoms with E-state index < -0.39 is 11.5 Å². The summed E-state index contributed by atoms with van der Waals surface area (Å²) in [5, 5.41) is 30.6. The van der Waals surface area contributed by atoms with Crippen molar-refractivity contribution in [3.8, 4) is 11.5 Å². The molecule has 3 rings (SSSR count). The first kappa shape index (κ1) is 22.4. The van der Waals surface area contributed by atoms with Crippen LogP contribution in [0.25, 0.3) is 10.8 Å². The van der Waals surface area contributed by atoms with E-state index in [0.29, 0.717) is 55.1 Å². The minimum atomic E-state index is -1.17. The number of phenolic OH excluding ortho intramolecular Hbond substituents is 1. The number of nitrogens with zero attached hydrogens (tertiary/aromatic N) is 1. The molecule has 3 N–H and O–H groups in total. The molecule has 162 valence electrons. The minimum Gasteiger partial charge on any atom is -0.507 e. The lowest BCUT2D eigenvalue weighted by atomic mass is 10.0. The highest BCUT2D eigenvalue weighted by atomic mass is 32.2. The molecule has 1 heterocycles. The summed E-state index contributed by atoms with van der Waals surface area (Å²) < 4.78 is 16.2. The number of carboxylic acids is 1. The van der Waals surface area contributed by atoms with Gasteiger partial charge >= 0.3 is 5.97 Å². The van der Waals surface area contributed by atoms with Crippen molar-refractivity contribution >= 4 is 33.5 Å². The van der Waals surface area contributed by atoms with E-state index in [2.05, 4.69) is 4.99 Å². The van der Waals surface area contributed by atoms with Crippen LogP contribution in [0.5, 0.6) is 11.5 Å². The summed E-state index contributed by atoms with van der Waals surface area (Å²) in [6.07, 6.45) is 0. The van der Waals surface area contributed by atoms with Crippen LogP contribution < -0.4 is 4.74 Å². The fourth-order valence-electron chi connectivity index (χ4n) is 2.87. The molecule has 0 spiro atoms. The highest BCUT2D eigenvalue weighted by molar-refractivity contribution is 8.14. The van der Waals surface area contributed by atoms with Crippen molar-refractivity contribution in [3.05, 3.63) is 35.9 Å². The van der Waals surface area contributed by atoms with Crippen LogP contribution in [0.2, 0.25) is 0 Å². The smallest absolute Gasteiger partial charge is 0.332 e. The van der Waals surface area contributed by atoms with Gasteiger partial charge in [0.1, 0.15) is 23.1 Å². The molecular formula is C21H25NO7S. The van der Waals surface area contributed by atoms with Crippen LogP contribution >= 0.6 is 11.8 Å². The number of aliphatic hydroxyl groups excluding tert-OH is 1. The van der Waals surface area contributed by atoms with E-state index in [9.17, 15) is 15.0 Å². The second-order valence-electron chi connectivity index (χ2n) is 6.96. The number of carbonyl (C=O) groups is 1. The first-order valence-electron chi connectivity index (χ1n) is 9.55. The van der Waals surface area contributed by atoms with Crippen molar-refractivity contribution in [2.45, 2.75) is 12.5 Å². The zero-order valence-corrected chi connectivity index (χ0v) is 17.5. The number of aliphatic hydroxyl groups is 1. The van der Waals surface area contributed by atoms with Gasteiger partial charge in [-0.3, -0.25) is 4.99 Å². The molecular weight excluding hydrogens is 410 g/mol. The standard InChI is InChI=1S/C21H25NO7S/c1-21(20(25)26)13-30-19(22-21)17-11-14-2-3-16(10-15(14)12-18(17)24)29-9-8-28-7-6-27-5-4-23/h2-3,10-12,23-24H,4-9,13H2,1H3,(H,25,26)/t21-/m1/s1. The molecule has 2 aromatic carbocycles. The SMILES string of the molecule is C[C@]1(C(=O)O)CSC(c2cc3ccc(OCCOCCOCCO)cc3cc2O)=N1. The number of aromatic hydroxyl groups is 1. The molecule has 0 fully saturated rings. The highest BCUT2D eigenvalue weighted by Gasteiger charge is 2.39. The third-order valence-corrected chi connectivity index (χ3v) is 5.85. The van der Waals surface area contributed by atoms with Gasteiger partial charge in [0.2, 0.25) is 0 Å². The van der Waals surface area contributed by atoms with Crippen LogP contribution in [-0.2, 0) is 14.3 Å². The van der Waals surface area contributed by atoms with Crippen LogP contribution in [0.15, 0.2) is 35.3 Å². The quantitative estimate of drug-likeness (QED) is 0.460. The summed E-state index contributed by atoms with van der Waals surface area (Å²) >= 11 is 1.33. The molecule has 1 aliphatic rings. The van der Waals surface area contributed by atoms with Crippen LogP contribution in [0.4, 0.5) is 0 Å². The van der Waals surface area contributed by atoms with Gasteiger partial charge in [-0.05, 0) is 42.0 Å². The van der Waals surface area contributed by atoms with Crippen LogP contribution in [-0.4, -0.2) is 77.3 Å². The third-order valence-electron chi connectivity index (χ3n) is 4.56. The maximum Gasteiger partial charge on any atom is 0.332 e. The zero-order chi connectivity index (χ0) is 21.6. The number of benzene rings is 2. The first-order valence-corrected chi connectivity index (χ1v) is 10.5. The van der Waals surface area contributed by atoms with Crippen molar-refractivity contribution in [1.82, 2.24) is 0 Å². The molecule has 0 bridgehead atoms. The summed E-state index contributed by atoms with van der Waals surface area (Å²) in [5.41, 5.74) is -0.644. The molecule has 30 heavy (non-hydrogen) atoms. The van der Waals surface area contributed by atoms with E-state index in [0.717, 1.165) is 10.8 Å². The Kier molecular flexibility index (Phi) is 7.54. The Labute approximate surface area is 178 Å². The van der Waals surface area contributed by atoms with Crippen molar-refractivity contribution in [2.24, 2.45) is 4.99 Å². The number of fused-ring (bicyclic) bond motifs is 1. The molecule has 9 heteroatoms. The average molecular weight is 435 g/mol. The fourth-order valence-corrected chi connectivity index (χ4v) is 4.07. The number of carboxylic acid groups (broad SMARTS) is 1. The van der Waals surface area contributed by atoms with Gasteiger partial charge in [0.15, 0.2) is 5.54 Å². The molecule has 1 aliphatic heterocycles. The monoisotopic (exact) mass is 435 g/mol. The highest BCUT2D eigenvalue weighted by Crippen LogP contribution is 2.36. The number of hydrogen-bond acceptors (Lipinski definition) is 8. The van der Waals surface area contributed by atoms with Gasteiger partial charge in [-0.1, -0.05) is 6.07 Å². The number of rotatable bonds is 11. The van der Waals surface area contributed by atoms with Gasteiger partial charge in [0, 0.05) is 11.3 Å². The number of thioether (sulfide) groups is 1. The Morgan fingerprint density at radius 3 is 2.53 bits per heavy atom. The molecule has 0 radical (unpaired) electrons. The Morgan fingerprint density at radius 1 is 1.10 bits per heavy atom. The van der Waals surface area contributed by atoms with E-state index in [1.54, 1.807) is 13.0 Å². The van der Waals surface area contributed by atoms with Gasteiger partial charge in [-0.15, -0.1) is 11.8 Å². The van der Waals surface area contributed by atoms with Gasteiger partial charge < -0.3 is 29.5 Å². The summed E-state index contributed by atoms with van der Waals surface area (Å²) in [6, 6.07) is 8.98. The van der Waals surface area contributed by atoms with Crippen molar-refractivity contribution < 1.29 is 34.3 Å². The normalized spacial score (nSPS) is 18.5. The van der Waals surface area contributed by atoms with Gasteiger partial charge in [-0.25, -0.2) is 4.79 Å². The number of phenols is 1. The van der Waals surface area contributed by atoms with Crippen LogP contribution in [0.3, 0.4) is 0 Å². The molecule has 0 aromatic heterocycles. The summed E-state index contributed by atoms with van der Waals surface area (Å²) in [6.45, 7) is 3.50. The van der Waals surface area contributed by atoms with Crippen molar-refractivity contribution in [1.29, 1.82) is 0 Å². The number of ether oxygens (including phenoxy) is 3. The zero-order valence-electron chi connectivity index (χ0n) is 16.7. The van der Waals surface area contributed by atoms with E-state index in [4.69, 9.17) is 19.3 Å². The van der Waals surface area contributed by atoms with E-state index in [1.165, 1.54) is 11.8 Å². The molecule has 2 aromatic rings. The number of aliphatic carboxylic acids is 1. The predicted molar refractivity (Wildman–Crippen MR) is 115 cm³/mol. The number of hydrogen-bond donors (Lipinski definition) is 3.